The van der Waals surface area contributed by atoms with E-state index >= 15 is 0 Å². The van der Waals surface area contributed by atoms with Gasteiger partial charge in [0.05, 0.1) is 11.4 Å². The molecule has 1 aliphatic heterocycles. The molecule has 1 atom stereocenters. The minimum Gasteiger partial charge on any atom is -0.311 e. The van der Waals surface area contributed by atoms with Gasteiger partial charge in [-0.1, -0.05) is 30.8 Å². The standard InChI is InChI=1S/C19H17N5OS2/c1-12-6-7-24(15-4-2-3-5-16(15)27-12)17(25)11-26-19-14(10-21)8-13(9-20)18(22)23-19/h2-5,8,12H,6-7,11H2,1H3,(H2,22,23)/p+1/t12-/m0/s1. The third-order valence-corrected chi connectivity index (χ3v) is 6.44. The van der Waals surface area contributed by atoms with Crippen LogP contribution in [-0.2, 0) is 4.79 Å². The first-order chi connectivity index (χ1) is 13.0. The zero-order valence-corrected chi connectivity index (χ0v) is 16.4. The molecule has 8 heteroatoms. The van der Waals surface area contributed by atoms with Crippen molar-refractivity contribution < 1.29 is 9.78 Å². The highest BCUT2D eigenvalue weighted by atomic mass is 32.2. The molecule has 0 saturated carbocycles. The quantitative estimate of drug-likeness (QED) is 0.799. The van der Waals surface area contributed by atoms with Crippen LogP contribution in [0, 0.1) is 22.7 Å². The van der Waals surface area contributed by atoms with Crippen LogP contribution in [0.15, 0.2) is 40.3 Å². The van der Waals surface area contributed by atoms with Crippen molar-refractivity contribution in [2.75, 3.05) is 22.9 Å². The van der Waals surface area contributed by atoms with Gasteiger partial charge < -0.3 is 4.90 Å². The van der Waals surface area contributed by atoms with Crippen LogP contribution in [0.5, 0.6) is 0 Å². The van der Waals surface area contributed by atoms with Gasteiger partial charge in [-0.15, -0.1) is 11.8 Å². The molecule has 136 valence electrons. The van der Waals surface area contributed by atoms with Gasteiger partial charge >= 0.3 is 0 Å². The molecule has 0 aliphatic carbocycles. The smallest absolute Gasteiger partial charge is 0.289 e. The molecule has 1 aromatic heterocycles. The lowest BCUT2D eigenvalue weighted by Crippen LogP contribution is -2.34. The Morgan fingerprint density at radius 3 is 2.85 bits per heavy atom. The molecule has 0 unspecified atom stereocenters. The number of hydrogen-bond donors (Lipinski definition) is 1. The number of nitrogens with two attached hydrogens (primary N) is 1. The summed E-state index contributed by atoms with van der Waals surface area (Å²) < 4.78 is 0. The highest BCUT2D eigenvalue weighted by Crippen LogP contribution is 2.37. The first-order valence-corrected chi connectivity index (χ1v) is 10.2. The molecule has 2 aromatic rings. The molecular weight excluding hydrogens is 378 g/mol. The van der Waals surface area contributed by atoms with E-state index < -0.39 is 0 Å². The van der Waals surface area contributed by atoms with Crippen LogP contribution in [0.25, 0.3) is 0 Å². The number of para-hydroxylation sites is 1. The number of benzene rings is 1. The molecule has 1 amide bonds. The molecular formula is C19H18N5OS2+. The van der Waals surface area contributed by atoms with Crippen LogP contribution in [0.1, 0.15) is 24.5 Å². The number of carbonyl (C=O) groups excluding carboxylic acids is 1. The number of nitrogens with zero attached hydrogens (tertiary/aromatic N) is 3. The number of amides is 1. The lowest BCUT2D eigenvalue weighted by molar-refractivity contribution is -0.410. The van der Waals surface area contributed by atoms with E-state index in [9.17, 15) is 10.1 Å². The fourth-order valence-electron chi connectivity index (χ4n) is 2.79. The van der Waals surface area contributed by atoms with Crippen molar-refractivity contribution in [3.05, 3.63) is 41.5 Å². The number of pyridine rings is 1. The predicted octanol–water partition coefficient (Wildman–Crippen LogP) is 2.84. The van der Waals surface area contributed by atoms with E-state index in [0.29, 0.717) is 22.4 Å². The second kappa shape index (κ2) is 8.34. The molecule has 0 radical (unpaired) electrons. The van der Waals surface area contributed by atoms with Crippen LogP contribution in [0.2, 0.25) is 0 Å². The number of rotatable bonds is 3. The van der Waals surface area contributed by atoms with E-state index in [2.05, 4.69) is 11.9 Å². The molecule has 2 heterocycles. The maximum atomic E-state index is 12.9. The fourth-order valence-corrected chi connectivity index (χ4v) is 4.77. The SMILES string of the molecule is C[C@H]1CCN(C(=O)CSc2[nH+]c(N)c(C#N)cc2C#N)c2ccccc2S1. The second-order valence-corrected chi connectivity index (χ2v) is 8.55. The summed E-state index contributed by atoms with van der Waals surface area (Å²) in [7, 11) is 0. The minimum absolute atomic E-state index is 0.0256. The number of aromatic amines is 1. The van der Waals surface area contributed by atoms with Gasteiger partial charge in [-0.25, -0.2) is 4.98 Å². The zero-order valence-electron chi connectivity index (χ0n) is 14.7. The molecule has 3 rings (SSSR count). The van der Waals surface area contributed by atoms with Crippen molar-refractivity contribution in [1.82, 2.24) is 0 Å². The van der Waals surface area contributed by atoms with Gasteiger partial charge in [-0.2, -0.15) is 10.5 Å². The van der Waals surface area contributed by atoms with E-state index in [1.807, 2.05) is 41.3 Å². The van der Waals surface area contributed by atoms with Gasteiger partial charge in [0.1, 0.15) is 23.3 Å². The normalized spacial score (nSPS) is 16.0. The number of hydrogen-bond acceptors (Lipinski definition) is 6. The molecule has 1 aliphatic rings. The van der Waals surface area contributed by atoms with Gasteiger partial charge in [0, 0.05) is 16.7 Å². The van der Waals surface area contributed by atoms with Crippen LogP contribution in [0.3, 0.4) is 0 Å². The topological polar surface area (TPSA) is 108 Å². The van der Waals surface area contributed by atoms with Gasteiger partial charge in [0.2, 0.25) is 5.91 Å². The Hall–Kier alpha value is -2.68. The average Bonchev–Trinajstić information content (AvgIpc) is 2.84. The van der Waals surface area contributed by atoms with Crippen molar-refractivity contribution >= 4 is 40.9 Å². The maximum Gasteiger partial charge on any atom is 0.289 e. The highest BCUT2D eigenvalue weighted by Gasteiger charge is 2.25. The van der Waals surface area contributed by atoms with Crippen LogP contribution in [-0.4, -0.2) is 23.5 Å². The van der Waals surface area contributed by atoms with Crippen molar-refractivity contribution in [1.29, 1.82) is 10.5 Å². The molecule has 27 heavy (non-hydrogen) atoms. The monoisotopic (exact) mass is 396 g/mol. The number of anilines is 2. The van der Waals surface area contributed by atoms with E-state index in [1.54, 1.807) is 11.8 Å². The Morgan fingerprint density at radius 1 is 1.37 bits per heavy atom. The Bertz CT molecular complexity index is 964. The van der Waals surface area contributed by atoms with Crippen molar-refractivity contribution in [2.45, 2.75) is 28.5 Å². The van der Waals surface area contributed by atoms with Crippen molar-refractivity contribution in [2.24, 2.45) is 0 Å². The molecule has 0 fully saturated rings. The highest BCUT2D eigenvalue weighted by molar-refractivity contribution is 8.00. The number of nitriles is 2. The minimum atomic E-state index is -0.0256. The Morgan fingerprint density at radius 2 is 2.11 bits per heavy atom. The van der Waals surface area contributed by atoms with Crippen molar-refractivity contribution in [3.63, 3.8) is 0 Å². The lowest BCUT2D eigenvalue weighted by Gasteiger charge is -2.22. The summed E-state index contributed by atoms with van der Waals surface area (Å²) in [6.45, 7) is 2.83. The number of H-pyrrole nitrogens is 1. The Kier molecular flexibility index (Phi) is 5.90. The summed E-state index contributed by atoms with van der Waals surface area (Å²) in [4.78, 5) is 18.7. The largest absolute Gasteiger partial charge is 0.311 e. The summed E-state index contributed by atoms with van der Waals surface area (Å²) in [5, 5.41) is 19.3. The Balaban J connectivity index is 1.80. The van der Waals surface area contributed by atoms with Gasteiger partial charge in [-0.05, 0) is 24.6 Å². The second-order valence-electron chi connectivity index (χ2n) is 6.08. The summed E-state index contributed by atoms with van der Waals surface area (Å²) in [5.41, 5.74) is 7.26. The van der Waals surface area contributed by atoms with Gasteiger partial charge in [-0.3, -0.25) is 10.5 Å². The molecule has 3 N–H and O–H groups in total. The average molecular weight is 397 g/mol. The predicted molar refractivity (Wildman–Crippen MR) is 106 cm³/mol. The Labute approximate surface area is 166 Å². The molecule has 6 nitrogen and oxygen atoms in total. The number of aromatic nitrogens is 1. The summed E-state index contributed by atoms with van der Waals surface area (Å²) >= 11 is 3.01. The van der Waals surface area contributed by atoms with E-state index in [0.717, 1.165) is 17.0 Å². The first-order valence-electron chi connectivity index (χ1n) is 8.38. The maximum absolute atomic E-state index is 12.9. The van der Waals surface area contributed by atoms with Crippen LogP contribution >= 0.6 is 23.5 Å². The molecule has 1 aromatic carbocycles. The fraction of sp³-hybridized carbons (Fsp3) is 0.263. The van der Waals surface area contributed by atoms with Crippen molar-refractivity contribution in [3.8, 4) is 12.1 Å². The zero-order chi connectivity index (χ0) is 19.4. The molecule has 0 bridgehead atoms. The van der Waals surface area contributed by atoms with Crippen LogP contribution in [0.4, 0.5) is 11.5 Å². The van der Waals surface area contributed by atoms with E-state index in [4.69, 9.17) is 11.0 Å². The van der Waals surface area contributed by atoms with E-state index in [1.165, 1.54) is 17.8 Å². The van der Waals surface area contributed by atoms with E-state index in [-0.39, 0.29) is 23.0 Å². The number of nitrogens with one attached hydrogen (secondary N) is 1. The summed E-state index contributed by atoms with van der Waals surface area (Å²) in [6.07, 6.45) is 0.912. The first kappa shape index (κ1) is 19.1. The number of nitrogen functional groups attached to an aromatic ring is 1. The third kappa shape index (κ3) is 4.19. The molecule has 0 spiro atoms. The lowest BCUT2D eigenvalue weighted by atomic mass is 10.2. The third-order valence-electron chi connectivity index (χ3n) is 4.20. The molecule has 0 saturated heterocycles. The number of fused-ring (bicyclic) bond motifs is 1. The summed E-state index contributed by atoms with van der Waals surface area (Å²) in [6, 6.07) is 13.4. The van der Waals surface area contributed by atoms with Crippen LogP contribution < -0.4 is 15.6 Å². The summed E-state index contributed by atoms with van der Waals surface area (Å²) in [5.74, 6) is 0.336. The van der Waals surface area contributed by atoms with Gasteiger partial charge in [0.25, 0.3) is 5.82 Å². The number of thioether (sulfide) groups is 2. The number of carbonyl (C=O) groups is 1. The van der Waals surface area contributed by atoms with Gasteiger partial charge in [0.15, 0.2) is 5.03 Å².